The average Bonchev–Trinajstić information content (AvgIpc) is 3.19. The molecule has 0 aliphatic carbocycles. The summed E-state index contributed by atoms with van der Waals surface area (Å²) in [5.74, 6) is 1.39. The molecule has 2 aliphatic heterocycles. The summed E-state index contributed by atoms with van der Waals surface area (Å²) in [7, 11) is 0. The molecule has 2 aromatic heterocycles. The van der Waals surface area contributed by atoms with E-state index in [4.69, 9.17) is 4.52 Å². The van der Waals surface area contributed by atoms with Crippen molar-refractivity contribution in [2.45, 2.75) is 37.9 Å². The first kappa shape index (κ1) is 13.0. The molecule has 0 aromatic carbocycles. The van der Waals surface area contributed by atoms with Gasteiger partial charge in [0, 0.05) is 29.8 Å². The molecule has 0 saturated carbocycles. The SMILES string of the molecule is O=C1C[C@H]2NCC[C@H]2N1Cc1nc(Cc2cccs2)no1. The Morgan fingerprint density at radius 1 is 1.52 bits per heavy atom. The third-order valence-corrected chi connectivity index (χ3v) is 5.03. The van der Waals surface area contributed by atoms with Gasteiger partial charge in [0.1, 0.15) is 6.54 Å². The summed E-state index contributed by atoms with van der Waals surface area (Å²) >= 11 is 1.68. The molecule has 21 heavy (non-hydrogen) atoms. The summed E-state index contributed by atoms with van der Waals surface area (Å²) in [5, 5.41) is 9.42. The predicted octanol–water partition coefficient (Wildman–Crippen LogP) is 1.18. The van der Waals surface area contributed by atoms with Crippen LogP contribution in [-0.4, -0.2) is 39.6 Å². The third kappa shape index (κ3) is 2.47. The molecule has 2 aliphatic rings. The van der Waals surface area contributed by atoms with Gasteiger partial charge in [-0.05, 0) is 24.4 Å². The summed E-state index contributed by atoms with van der Waals surface area (Å²) in [6.07, 6.45) is 2.27. The van der Waals surface area contributed by atoms with Crippen molar-refractivity contribution in [3.05, 3.63) is 34.1 Å². The van der Waals surface area contributed by atoms with Gasteiger partial charge in [-0.3, -0.25) is 4.79 Å². The van der Waals surface area contributed by atoms with Gasteiger partial charge in [-0.25, -0.2) is 0 Å². The molecule has 1 amide bonds. The van der Waals surface area contributed by atoms with E-state index in [2.05, 4.69) is 21.5 Å². The van der Waals surface area contributed by atoms with Gasteiger partial charge in [0.05, 0.1) is 0 Å². The smallest absolute Gasteiger partial charge is 0.246 e. The van der Waals surface area contributed by atoms with Gasteiger partial charge in [0.25, 0.3) is 0 Å². The van der Waals surface area contributed by atoms with Crippen molar-refractivity contribution in [1.82, 2.24) is 20.4 Å². The van der Waals surface area contributed by atoms with Crippen molar-refractivity contribution in [3.8, 4) is 0 Å². The van der Waals surface area contributed by atoms with Gasteiger partial charge in [0.2, 0.25) is 11.8 Å². The highest BCUT2D eigenvalue weighted by Gasteiger charge is 2.42. The molecule has 0 bridgehead atoms. The topological polar surface area (TPSA) is 71.3 Å². The van der Waals surface area contributed by atoms with Gasteiger partial charge < -0.3 is 14.7 Å². The highest BCUT2D eigenvalue weighted by molar-refractivity contribution is 7.09. The van der Waals surface area contributed by atoms with Crippen LogP contribution in [0.3, 0.4) is 0 Å². The normalized spacial score (nSPS) is 24.8. The highest BCUT2D eigenvalue weighted by Crippen LogP contribution is 2.27. The number of carbonyl (C=O) groups excluding carboxylic acids is 1. The van der Waals surface area contributed by atoms with E-state index in [1.165, 1.54) is 4.88 Å². The number of nitrogens with zero attached hydrogens (tertiary/aromatic N) is 3. The zero-order chi connectivity index (χ0) is 14.2. The lowest BCUT2D eigenvalue weighted by atomic mass is 10.1. The zero-order valence-corrected chi connectivity index (χ0v) is 12.3. The van der Waals surface area contributed by atoms with Crippen molar-refractivity contribution in [3.63, 3.8) is 0 Å². The predicted molar refractivity (Wildman–Crippen MR) is 76.8 cm³/mol. The molecule has 4 rings (SSSR count). The second-order valence-corrected chi connectivity index (χ2v) is 6.54. The number of fused-ring (bicyclic) bond motifs is 1. The molecular formula is C14H16N4O2S. The number of aromatic nitrogens is 2. The van der Waals surface area contributed by atoms with Gasteiger partial charge in [-0.1, -0.05) is 11.2 Å². The van der Waals surface area contributed by atoms with Crippen molar-refractivity contribution in [1.29, 1.82) is 0 Å². The summed E-state index contributed by atoms with van der Waals surface area (Å²) < 4.78 is 5.30. The maximum atomic E-state index is 12.1. The fraction of sp³-hybridized carbons (Fsp3) is 0.500. The molecule has 0 spiro atoms. The van der Waals surface area contributed by atoms with Gasteiger partial charge in [0.15, 0.2) is 5.82 Å². The monoisotopic (exact) mass is 304 g/mol. The minimum atomic E-state index is 0.176. The fourth-order valence-corrected chi connectivity index (χ4v) is 3.87. The minimum Gasteiger partial charge on any atom is -0.337 e. The van der Waals surface area contributed by atoms with Crippen LogP contribution in [0.4, 0.5) is 0 Å². The molecular weight excluding hydrogens is 288 g/mol. The van der Waals surface area contributed by atoms with Gasteiger partial charge in [-0.15, -0.1) is 11.3 Å². The molecule has 2 saturated heterocycles. The van der Waals surface area contributed by atoms with Crippen molar-refractivity contribution < 1.29 is 9.32 Å². The van der Waals surface area contributed by atoms with E-state index in [1.807, 2.05) is 16.3 Å². The number of nitrogens with one attached hydrogen (secondary N) is 1. The van der Waals surface area contributed by atoms with E-state index in [9.17, 15) is 4.79 Å². The van der Waals surface area contributed by atoms with Crippen LogP contribution in [0.1, 0.15) is 29.4 Å². The van der Waals surface area contributed by atoms with E-state index >= 15 is 0 Å². The van der Waals surface area contributed by atoms with Crippen LogP contribution in [0.25, 0.3) is 0 Å². The van der Waals surface area contributed by atoms with E-state index in [0.717, 1.165) is 13.0 Å². The van der Waals surface area contributed by atoms with Crippen LogP contribution in [0.15, 0.2) is 22.0 Å². The largest absolute Gasteiger partial charge is 0.337 e. The number of hydrogen-bond acceptors (Lipinski definition) is 6. The molecule has 110 valence electrons. The molecule has 2 aromatic rings. The Hall–Kier alpha value is -1.73. The Balaban J connectivity index is 1.45. The summed E-state index contributed by atoms with van der Waals surface area (Å²) in [5.41, 5.74) is 0. The molecule has 2 atom stereocenters. The Kier molecular flexibility index (Phi) is 3.23. The highest BCUT2D eigenvalue weighted by atomic mass is 32.1. The Morgan fingerprint density at radius 3 is 3.33 bits per heavy atom. The second kappa shape index (κ2) is 5.23. The molecule has 1 N–H and O–H groups in total. The standard InChI is InChI=1S/C14H16N4O2S/c19-14-7-10-11(3-4-15-10)18(14)8-13-16-12(17-20-13)6-9-2-1-5-21-9/h1-2,5,10-11,15H,3-4,6-8H2/t10-,11-/m1/s1. The summed E-state index contributed by atoms with van der Waals surface area (Å²) in [6.45, 7) is 1.41. The third-order valence-electron chi connectivity index (χ3n) is 4.15. The lowest BCUT2D eigenvalue weighted by Gasteiger charge is -2.21. The van der Waals surface area contributed by atoms with E-state index in [1.54, 1.807) is 11.3 Å². The number of hydrogen-bond donors (Lipinski definition) is 1. The maximum absolute atomic E-state index is 12.1. The molecule has 7 heteroatoms. The number of rotatable bonds is 4. The minimum absolute atomic E-state index is 0.176. The van der Waals surface area contributed by atoms with Crippen molar-refractivity contribution >= 4 is 17.2 Å². The fourth-order valence-electron chi connectivity index (χ4n) is 3.17. The number of likely N-dealkylation sites (tertiary alicyclic amines) is 1. The summed E-state index contributed by atoms with van der Waals surface area (Å²) in [6, 6.07) is 4.65. The van der Waals surface area contributed by atoms with E-state index in [0.29, 0.717) is 37.1 Å². The van der Waals surface area contributed by atoms with Crippen LogP contribution in [0, 0.1) is 0 Å². The molecule has 6 nitrogen and oxygen atoms in total. The second-order valence-electron chi connectivity index (χ2n) is 5.50. The number of amides is 1. The molecule has 2 fully saturated rings. The lowest BCUT2D eigenvalue weighted by molar-refractivity contribution is -0.129. The van der Waals surface area contributed by atoms with Crippen LogP contribution in [-0.2, 0) is 17.8 Å². The van der Waals surface area contributed by atoms with Crippen molar-refractivity contribution in [2.24, 2.45) is 0 Å². The van der Waals surface area contributed by atoms with E-state index < -0.39 is 0 Å². The number of carbonyl (C=O) groups is 1. The first-order valence-electron chi connectivity index (χ1n) is 7.16. The maximum Gasteiger partial charge on any atom is 0.246 e. The van der Waals surface area contributed by atoms with Crippen LogP contribution < -0.4 is 5.32 Å². The van der Waals surface area contributed by atoms with Crippen molar-refractivity contribution in [2.75, 3.05) is 6.54 Å². The lowest BCUT2D eigenvalue weighted by Crippen LogP contribution is -2.35. The number of thiophene rings is 1. The molecule has 0 unspecified atom stereocenters. The molecule has 4 heterocycles. The van der Waals surface area contributed by atoms with Gasteiger partial charge >= 0.3 is 0 Å². The van der Waals surface area contributed by atoms with Crippen LogP contribution >= 0.6 is 11.3 Å². The Labute approximate surface area is 126 Å². The Bertz CT molecular complexity index is 639. The first-order chi connectivity index (χ1) is 10.3. The average molecular weight is 304 g/mol. The quantitative estimate of drug-likeness (QED) is 0.918. The van der Waals surface area contributed by atoms with E-state index in [-0.39, 0.29) is 11.9 Å². The first-order valence-corrected chi connectivity index (χ1v) is 8.04. The van der Waals surface area contributed by atoms with Crippen LogP contribution in [0.5, 0.6) is 0 Å². The Morgan fingerprint density at radius 2 is 2.48 bits per heavy atom. The van der Waals surface area contributed by atoms with Crippen LogP contribution in [0.2, 0.25) is 0 Å². The molecule has 0 radical (unpaired) electrons. The van der Waals surface area contributed by atoms with Gasteiger partial charge in [-0.2, -0.15) is 4.98 Å². The zero-order valence-electron chi connectivity index (χ0n) is 11.5. The summed E-state index contributed by atoms with van der Waals surface area (Å²) in [4.78, 5) is 19.6.